The van der Waals surface area contributed by atoms with Crippen LogP contribution < -0.4 is 9.62 Å². The fourth-order valence-corrected chi connectivity index (χ4v) is 4.27. The van der Waals surface area contributed by atoms with Gasteiger partial charge in [-0.2, -0.15) is 0 Å². The van der Waals surface area contributed by atoms with E-state index in [0.29, 0.717) is 11.4 Å². The van der Waals surface area contributed by atoms with Crippen molar-refractivity contribution >= 4 is 26.5 Å². The highest BCUT2D eigenvalue weighted by Crippen LogP contribution is 2.22. The van der Waals surface area contributed by atoms with Crippen molar-refractivity contribution in [1.29, 1.82) is 0 Å². The van der Waals surface area contributed by atoms with Gasteiger partial charge in [-0.25, -0.2) is 13.1 Å². The molecule has 0 atom stereocenters. The van der Waals surface area contributed by atoms with Crippen LogP contribution in [0.1, 0.15) is 12.0 Å². The number of aryl methyl sites for hydroxylation is 1. The minimum absolute atomic E-state index is 0.339. The van der Waals surface area contributed by atoms with Crippen LogP contribution in [0.15, 0.2) is 71.6 Å². The van der Waals surface area contributed by atoms with Gasteiger partial charge in [-0.05, 0) is 42.0 Å². The second-order valence-corrected chi connectivity index (χ2v) is 8.27. The van der Waals surface area contributed by atoms with Crippen LogP contribution in [0, 0.1) is 0 Å². The Morgan fingerprint density at radius 2 is 1.58 bits per heavy atom. The summed E-state index contributed by atoms with van der Waals surface area (Å²) in [4.78, 5) is 2.40. The molecule has 136 valence electrons. The maximum absolute atomic E-state index is 12.7. The summed E-state index contributed by atoms with van der Waals surface area (Å²) >= 11 is 0. The lowest BCUT2D eigenvalue weighted by molar-refractivity contribution is 0.580. The Morgan fingerprint density at radius 3 is 2.31 bits per heavy atom. The molecule has 0 amide bonds. The Labute approximate surface area is 155 Å². The van der Waals surface area contributed by atoms with Gasteiger partial charge in [-0.1, -0.05) is 48.5 Å². The molecular weight excluding hydrogens is 344 g/mol. The molecular formula is C21H24N2O2S. The lowest BCUT2D eigenvalue weighted by Crippen LogP contribution is -2.25. The third-order valence-corrected chi connectivity index (χ3v) is 5.95. The van der Waals surface area contributed by atoms with E-state index in [-0.39, 0.29) is 0 Å². The Balaban J connectivity index is 1.62. The van der Waals surface area contributed by atoms with Crippen molar-refractivity contribution < 1.29 is 8.42 Å². The largest absolute Gasteiger partial charge is 0.378 e. The average Bonchev–Trinajstić information content (AvgIpc) is 2.65. The number of benzene rings is 3. The molecule has 3 aromatic carbocycles. The molecule has 0 radical (unpaired) electrons. The summed E-state index contributed by atoms with van der Waals surface area (Å²) in [7, 11) is 0.506. The number of nitrogens with one attached hydrogen (secondary N) is 1. The Bertz CT molecular complexity index is 975. The number of nitrogens with zero attached hydrogens (tertiary/aromatic N) is 1. The molecule has 0 aliphatic carbocycles. The molecule has 0 aliphatic heterocycles. The smallest absolute Gasteiger partial charge is 0.241 e. The number of fused-ring (bicyclic) bond motifs is 1. The molecule has 0 heterocycles. The summed E-state index contributed by atoms with van der Waals surface area (Å²) in [6.45, 7) is 0.418. The summed E-state index contributed by atoms with van der Waals surface area (Å²) in [6.07, 6.45) is 1.59. The first-order valence-corrected chi connectivity index (χ1v) is 10.2. The van der Waals surface area contributed by atoms with Gasteiger partial charge in [-0.15, -0.1) is 0 Å². The van der Waals surface area contributed by atoms with E-state index < -0.39 is 10.0 Å². The van der Waals surface area contributed by atoms with Crippen LogP contribution in [-0.2, 0) is 16.4 Å². The standard InChI is InChI=1S/C21H24N2O2S/c1-23(2)19-14-12-17(13-15-19)7-6-16-22-26(24,25)21-11-5-9-18-8-3-4-10-20(18)21/h3-5,8-15,22H,6-7,16H2,1-2H3. The topological polar surface area (TPSA) is 49.4 Å². The van der Waals surface area contributed by atoms with Crippen LogP contribution in [-0.4, -0.2) is 29.1 Å². The van der Waals surface area contributed by atoms with E-state index >= 15 is 0 Å². The van der Waals surface area contributed by atoms with Crippen LogP contribution in [0.3, 0.4) is 0 Å². The lowest BCUT2D eigenvalue weighted by atomic mass is 10.1. The van der Waals surface area contributed by atoms with Crippen LogP contribution in [0.25, 0.3) is 10.8 Å². The summed E-state index contributed by atoms with van der Waals surface area (Å²) in [5.74, 6) is 0. The molecule has 1 N–H and O–H groups in total. The second kappa shape index (κ2) is 7.89. The van der Waals surface area contributed by atoms with Crippen LogP contribution >= 0.6 is 0 Å². The number of anilines is 1. The van der Waals surface area contributed by atoms with Crippen molar-refractivity contribution in [2.24, 2.45) is 0 Å². The Morgan fingerprint density at radius 1 is 0.885 bits per heavy atom. The molecule has 4 nitrogen and oxygen atoms in total. The van der Waals surface area contributed by atoms with E-state index in [1.807, 2.05) is 44.4 Å². The highest BCUT2D eigenvalue weighted by atomic mass is 32.2. The zero-order chi connectivity index (χ0) is 18.6. The van der Waals surface area contributed by atoms with Gasteiger partial charge < -0.3 is 4.90 Å². The van der Waals surface area contributed by atoms with Gasteiger partial charge in [0.2, 0.25) is 10.0 Å². The van der Waals surface area contributed by atoms with Crippen molar-refractivity contribution in [2.45, 2.75) is 17.7 Å². The zero-order valence-electron chi connectivity index (χ0n) is 15.1. The van der Waals surface area contributed by atoms with E-state index in [1.165, 1.54) is 5.56 Å². The molecule has 0 bridgehead atoms. The minimum atomic E-state index is -3.52. The SMILES string of the molecule is CN(C)c1ccc(CCCNS(=O)(=O)c2cccc3ccccc23)cc1. The Kier molecular flexibility index (Phi) is 5.59. The monoisotopic (exact) mass is 368 g/mol. The molecule has 3 rings (SSSR count). The molecule has 0 fully saturated rings. The fourth-order valence-electron chi connectivity index (χ4n) is 2.97. The van der Waals surface area contributed by atoms with Crippen molar-refractivity contribution in [2.75, 3.05) is 25.5 Å². The van der Waals surface area contributed by atoms with E-state index in [4.69, 9.17) is 0 Å². The molecule has 5 heteroatoms. The van der Waals surface area contributed by atoms with Gasteiger partial charge in [0.25, 0.3) is 0 Å². The quantitative estimate of drug-likeness (QED) is 0.645. The third kappa shape index (κ3) is 4.23. The summed E-state index contributed by atoms with van der Waals surface area (Å²) in [5, 5.41) is 1.68. The van der Waals surface area contributed by atoms with Gasteiger partial charge in [0.05, 0.1) is 4.90 Å². The highest BCUT2D eigenvalue weighted by molar-refractivity contribution is 7.89. The third-order valence-electron chi connectivity index (χ3n) is 4.43. The average molecular weight is 369 g/mol. The first kappa shape index (κ1) is 18.4. The molecule has 0 aliphatic rings. The predicted molar refractivity (Wildman–Crippen MR) is 108 cm³/mol. The number of rotatable bonds is 7. The highest BCUT2D eigenvalue weighted by Gasteiger charge is 2.16. The molecule has 26 heavy (non-hydrogen) atoms. The van der Waals surface area contributed by atoms with E-state index in [9.17, 15) is 8.42 Å². The fraction of sp³-hybridized carbons (Fsp3) is 0.238. The zero-order valence-corrected chi connectivity index (χ0v) is 16.0. The van der Waals surface area contributed by atoms with E-state index in [0.717, 1.165) is 29.3 Å². The van der Waals surface area contributed by atoms with Crippen molar-refractivity contribution in [3.8, 4) is 0 Å². The van der Waals surface area contributed by atoms with Gasteiger partial charge in [0, 0.05) is 31.7 Å². The maximum Gasteiger partial charge on any atom is 0.241 e. The van der Waals surface area contributed by atoms with E-state index in [2.05, 4.69) is 33.9 Å². The van der Waals surface area contributed by atoms with Gasteiger partial charge >= 0.3 is 0 Å². The number of sulfonamides is 1. The van der Waals surface area contributed by atoms with Crippen LogP contribution in [0.2, 0.25) is 0 Å². The van der Waals surface area contributed by atoms with Gasteiger partial charge in [-0.3, -0.25) is 0 Å². The molecule has 0 spiro atoms. The normalized spacial score (nSPS) is 11.6. The minimum Gasteiger partial charge on any atom is -0.378 e. The second-order valence-electron chi connectivity index (χ2n) is 6.54. The van der Waals surface area contributed by atoms with Gasteiger partial charge in [0.15, 0.2) is 0 Å². The molecule has 0 unspecified atom stereocenters. The number of hydrogen-bond donors (Lipinski definition) is 1. The van der Waals surface area contributed by atoms with Crippen molar-refractivity contribution in [3.05, 3.63) is 72.3 Å². The van der Waals surface area contributed by atoms with Crippen molar-refractivity contribution in [1.82, 2.24) is 4.72 Å². The molecule has 0 aromatic heterocycles. The summed E-state index contributed by atoms with van der Waals surface area (Å²) in [5.41, 5.74) is 2.37. The van der Waals surface area contributed by atoms with Gasteiger partial charge in [0.1, 0.15) is 0 Å². The van der Waals surface area contributed by atoms with Crippen LogP contribution in [0.4, 0.5) is 5.69 Å². The summed E-state index contributed by atoms with van der Waals surface area (Å²) < 4.78 is 28.1. The Hall–Kier alpha value is -2.37. The molecule has 0 saturated carbocycles. The first-order valence-electron chi connectivity index (χ1n) is 8.71. The maximum atomic E-state index is 12.7. The first-order chi connectivity index (χ1) is 12.5. The summed E-state index contributed by atoms with van der Waals surface area (Å²) in [6, 6.07) is 21.2. The molecule has 3 aromatic rings. The van der Waals surface area contributed by atoms with E-state index in [1.54, 1.807) is 12.1 Å². The number of hydrogen-bond acceptors (Lipinski definition) is 3. The predicted octanol–water partition coefficient (Wildman–Crippen LogP) is 3.82. The van der Waals surface area contributed by atoms with Crippen molar-refractivity contribution in [3.63, 3.8) is 0 Å². The van der Waals surface area contributed by atoms with Crippen LogP contribution in [0.5, 0.6) is 0 Å². The molecule has 0 saturated heterocycles. The lowest BCUT2D eigenvalue weighted by Gasteiger charge is -2.13.